The van der Waals surface area contributed by atoms with E-state index in [4.69, 9.17) is 0 Å². The van der Waals surface area contributed by atoms with Gasteiger partial charge >= 0.3 is 0 Å². The maximum atomic E-state index is 12.7. The lowest BCUT2D eigenvalue weighted by Crippen LogP contribution is -2.30. The normalized spacial score (nSPS) is 12.3. The van der Waals surface area contributed by atoms with Gasteiger partial charge in [-0.25, -0.2) is 4.98 Å². The third kappa shape index (κ3) is 3.42. The number of aromatic nitrogens is 3. The molecule has 0 bridgehead atoms. The molecule has 0 spiro atoms. The Morgan fingerprint density at radius 2 is 2.17 bits per heavy atom. The fourth-order valence-electron chi connectivity index (χ4n) is 2.45. The van der Waals surface area contributed by atoms with Crippen LogP contribution in [0.1, 0.15) is 43.2 Å². The summed E-state index contributed by atoms with van der Waals surface area (Å²) in [6.07, 6.45) is 2.35. The second-order valence-corrected chi connectivity index (χ2v) is 7.84. The van der Waals surface area contributed by atoms with Gasteiger partial charge in [-0.15, -0.1) is 11.3 Å². The number of thiophene rings is 1. The molecule has 1 amide bonds. The number of nitrogens with zero attached hydrogens (tertiary/aromatic N) is 3. The molecular weight excluding hydrogens is 340 g/mol. The molecule has 0 fully saturated rings. The van der Waals surface area contributed by atoms with Crippen LogP contribution in [0.2, 0.25) is 0 Å². The van der Waals surface area contributed by atoms with Gasteiger partial charge in [0.05, 0.1) is 23.5 Å². The summed E-state index contributed by atoms with van der Waals surface area (Å²) in [6.45, 7) is 5.96. The molecule has 24 heavy (non-hydrogen) atoms. The molecule has 0 aliphatic heterocycles. The molecule has 0 saturated carbocycles. The number of thiazole rings is 1. The highest BCUT2D eigenvalue weighted by Crippen LogP contribution is 2.26. The molecule has 3 heterocycles. The van der Waals surface area contributed by atoms with Gasteiger partial charge in [0.25, 0.3) is 5.91 Å². The first-order valence-corrected chi connectivity index (χ1v) is 9.46. The smallest absolute Gasteiger partial charge is 0.255 e. The molecule has 1 N–H and O–H groups in total. The van der Waals surface area contributed by atoms with Crippen LogP contribution < -0.4 is 5.32 Å². The molecule has 1 atom stereocenters. The van der Waals surface area contributed by atoms with Crippen LogP contribution in [0.4, 0.5) is 0 Å². The Kier molecular flexibility index (Phi) is 4.82. The molecule has 0 unspecified atom stereocenters. The second-order valence-electron chi connectivity index (χ2n) is 5.82. The van der Waals surface area contributed by atoms with Crippen molar-refractivity contribution in [3.05, 3.63) is 55.4 Å². The highest BCUT2D eigenvalue weighted by molar-refractivity contribution is 7.11. The van der Waals surface area contributed by atoms with E-state index in [-0.39, 0.29) is 11.9 Å². The summed E-state index contributed by atoms with van der Waals surface area (Å²) >= 11 is 3.31. The van der Waals surface area contributed by atoms with Crippen LogP contribution in [-0.4, -0.2) is 20.7 Å². The lowest BCUT2D eigenvalue weighted by Gasteiger charge is -2.16. The fraction of sp³-hybridized carbons (Fsp3) is 0.353. The molecule has 126 valence electrons. The monoisotopic (exact) mass is 360 g/mol. The molecule has 5 nitrogen and oxygen atoms in total. The molecule has 0 radical (unpaired) electrons. The van der Waals surface area contributed by atoms with Crippen LogP contribution in [-0.2, 0) is 13.5 Å². The molecule has 0 aliphatic carbocycles. The quantitative estimate of drug-likeness (QED) is 0.756. The largest absolute Gasteiger partial charge is 0.342 e. The van der Waals surface area contributed by atoms with E-state index in [1.807, 2.05) is 20.9 Å². The summed E-state index contributed by atoms with van der Waals surface area (Å²) in [4.78, 5) is 18.5. The minimum absolute atomic E-state index is 0.105. The van der Waals surface area contributed by atoms with Gasteiger partial charge in [-0.05, 0) is 43.2 Å². The zero-order chi connectivity index (χ0) is 17.3. The first-order valence-electron chi connectivity index (χ1n) is 7.70. The molecule has 7 heteroatoms. The first kappa shape index (κ1) is 16.9. The third-order valence-corrected chi connectivity index (χ3v) is 6.07. The van der Waals surface area contributed by atoms with Crippen LogP contribution in [0.5, 0.6) is 0 Å². The Balaban J connectivity index is 1.86. The minimum atomic E-state index is -0.135. The molecule has 0 aromatic carbocycles. The van der Waals surface area contributed by atoms with Crippen LogP contribution >= 0.6 is 22.7 Å². The Labute approximate surface area is 149 Å². The molecule has 0 aliphatic rings. The van der Waals surface area contributed by atoms with Crippen molar-refractivity contribution < 1.29 is 4.79 Å². The SMILES string of the molecule is Cc1nc([C@@H](Cc2ccsc2)NC(=O)c2cnn(C)c2C)sc1C. The molecule has 3 rings (SSSR count). The topological polar surface area (TPSA) is 59.8 Å². The first-order chi connectivity index (χ1) is 11.5. The van der Waals surface area contributed by atoms with Crippen molar-refractivity contribution in [3.8, 4) is 0 Å². The van der Waals surface area contributed by atoms with E-state index in [1.165, 1.54) is 10.4 Å². The molecule has 0 saturated heterocycles. The standard InChI is InChI=1S/C17H20N4OS2/c1-10-12(3)24-17(19-10)15(7-13-5-6-23-9-13)20-16(22)14-8-18-21(4)11(14)2/h5-6,8-9,15H,7H2,1-4H3,(H,20,22)/t15-/m1/s1. The maximum absolute atomic E-state index is 12.7. The van der Waals surface area contributed by atoms with E-state index in [0.717, 1.165) is 22.8 Å². The summed E-state index contributed by atoms with van der Waals surface area (Å²) in [5, 5.41) is 12.4. The lowest BCUT2D eigenvalue weighted by molar-refractivity contribution is 0.0935. The van der Waals surface area contributed by atoms with E-state index in [1.54, 1.807) is 33.6 Å². The number of aryl methyl sites for hydroxylation is 3. The Hall–Kier alpha value is -1.99. The minimum Gasteiger partial charge on any atom is -0.342 e. The summed E-state index contributed by atoms with van der Waals surface area (Å²) in [7, 11) is 1.84. The summed E-state index contributed by atoms with van der Waals surface area (Å²) in [5.41, 5.74) is 3.70. The van der Waals surface area contributed by atoms with E-state index in [9.17, 15) is 4.79 Å². The predicted molar refractivity (Wildman–Crippen MR) is 97.8 cm³/mol. The van der Waals surface area contributed by atoms with Gasteiger partial charge in [-0.3, -0.25) is 9.48 Å². The molecule has 3 aromatic heterocycles. The Morgan fingerprint density at radius 1 is 1.38 bits per heavy atom. The Bertz CT molecular complexity index is 829. The second kappa shape index (κ2) is 6.86. The number of rotatable bonds is 5. The number of hydrogen-bond donors (Lipinski definition) is 1. The van der Waals surface area contributed by atoms with Crippen molar-refractivity contribution in [1.82, 2.24) is 20.1 Å². The third-order valence-electron chi connectivity index (χ3n) is 4.15. The van der Waals surface area contributed by atoms with Gasteiger partial charge in [-0.2, -0.15) is 16.4 Å². The van der Waals surface area contributed by atoms with Crippen molar-refractivity contribution >= 4 is 28.6 Å². The average molecular weight is 361 g/mol. The lowest BCUT2D eigenvalue weighted by atomic mass is 10.1. The summed E-state index contributed by atoms with van der Waals surface area (Å²) in [5.74, 6) is -0.105. The predicted octanol–water partition coefficient (Wildman–Crippen LogP) is 3.58. The van der Waals surface area contributed by atoms with E-state index in [2.05, 4.69) is 39.1 Å². The zero-order valence-corrected chi connectivity index (χ0v) is 15.8. The van der Waals surface area contributed by atoms with E-state index in [0.29, 0.717) is 5.56 Å². The molecule has 3 aromatic rings. The molecular formula is C17H20N4OS2. The van der Waals surface area contributed by atoms with Gasteiger partial charge < -0.3 is 5.32 Å². The van der Waals surface area contributed by atoms with Gasteiger partial charge in [0.1, 0.15) is 5.01 Å². The fourth-order valence-corrected chi connectivity index (χ4v) is 4.10. The van der Waals surface area contributed by atoms with Crippen molar-refractivity contribution in [3.63, 3.8) is 0 Å². The van der Waals surface area contributed by atoms with E-state index < -0.39 is 0 Å². The van der Waals surface area contributed by atoms with Crippen molar-refractivity contribution in [2.75, 3.05) is 0 Å². The van der Waals surface area contributed by atoms with E-state index >= 15 is 0 Å². The number of amides is 1. The zero-order valence-electron chi connectivity index (χ0n) is 14.2. The van der Waals surface area contributed by atoms with Crippen LogP contribution in [0.15, 0.2) is 23.0 Å². The van der Waals surface area contributed by atoms with Crippen LogP contribution in [0.25, 0.3) is 0 Å². The van der Waals surface area contributed by atoms with Gasteiger partial charge in [0, 0.05) is 24.0 Å². The van der Waals surface area contributed by atoms with Gasteiger partial charge in [0.2, 0.25) is 0 Å². The summed E-state index contributed by atoms with van der Waals surface area (Å²) in [6, 6.07) is 1.95. The number of carbonyl (C=O) groups excluding carboxylic acids is 1. The van der Waals surface area contributed by atoms with Crippen LogP contribution in [0.3, 0.4) is 0 Å². The number of carbonyl (C=O) groups is 1. The maximum Gasteiger partial charge on any atom is 0.255 e. The van der Waals surface area contributed by atoms with Crippen molar-refractivity contribution in [2.45, 2.75) is 33.2 Å². The van der Waals surface area contributed by atoms with Gasteiger partial charge in [0.15, 0.2) is 0 Å². The van der Waals surface area contributed by atoms with Crippen molar-refractivity contribution in [1.29, 1.82) is 0 Å². The highest BCUT2D eigenvalue weighted by atomic mass is 32.1. The number of hydrogen-bond acceptors (Lipinski definition) is 5. The van der Waals surface area contributed by atoms with Crippen molar-refractivity contribution in [2.24, 2.45) is 7.05 Å². The number of nitrogens with one attached hydrogen (secondary N) is 1. The van der Waals surface area contributed by atoms with Gasteiger partial charge in [-0.1, -0.05) is 0 Å². The summed E-state index contributed by atoms with van der Waals surface area (Å²) < 4.78 is 1.71. The average Bonchev–Trinajstić information content (AvgIpc) is 3.24. The van der Waals surface area contributed by atoms with Crippen LogP contribution in [0, 0.1) is 20.8 Å². The Morgan fingerprint density at radius 3 is 2.71 bits per heavy atom. The highest BCUT2D eigenvalue weighted by Gasteiger charge is 2.22.